The molecular weight excluding hydrogens is 578 g/mol. The van der Waals surface area contributed by atoms with Crippen molar-refractivity contribution in [1.82, 2.24) is 25.2 Å². The van der Waals surface area contributed by atoms with Gasteiger partial charge in [0.1, 0.15) is 36.1 Å². The second-order valence-corrected chi connectivity index (χ2v) is 12.9. The Morgan fingerprint density at radius 2 is 2.07 bits per heavy atom. The minimum atomic E-state index is -4.80. The van der Waals surface area contributed by atoms with Gasteiger partial charge in [0.15, 0.2) is 5.82 Å². The summed E-state index contributed by atoms with van der Waals surface area (Å²) in [6.45, 7) is 8.40. The first kappa shape index (κ1) is 27.8. The third kappa shape index (κ3) is 4.22. The summed E-state index contributed by atoms with van der Waals surface area (Å²) in [7, 11) is 0. The topological polar surface area (TPSA) is 102 Å². The van der Waals surface area contributed by atoms with Crippen LogP contribution in [-0.2, 0) is 6.18 Å². The molecule has 232 valence electrons. The molecule has 0 aliphatic carbocycles. The maximum absolute atomic E-state index is 16.7. The SMILES string of the molecule is C=C1CN2CCC[C@@]2(COc2nc3c4c(cc(-c5nc(N)cc(C)c5C(F)(F)F)c(F)c4n2)OC[C@@H]2[C@@H]4CC[C@H](CN32)N4)C1. The fraction of sp³-hybridized carbons (Fsp3) is 0.516. The van der Waals surface area contributed by atoms with Crippen molar-refractivity contribution in [2.24, 2.45) is 0 Å². The van der Waals surface area contributed by atoms with E-state index in [0.717, 1.165) is 56.8 Å². The molecule has 0 amide bonds. The normalized spacial score (nSPS) is 27.8. The first-order valence-electron chi connectivity index (χ1n) is 15.1. The van der Waals surface area contributed by atoms with E-state index < -0.39 is 28.8 Å². The number of anilines is 2. The summed E-state index contributed by atoms with van der Waals surface area (Å²) in [6, 6.07) is 2.65. The third-order valence-corrected chi connectivity index (χ3v) is 10.1. The van der Waals surface area contributed by atoms with E-state index in [1.165, 1.54) is 13.0 Å². The predicted octanol–water partition coefficient (Wildman–Crippen LogP) is 4.62. The van der Waals surface area contributed by atoms with Gasteiger partial charge in [-0.05, 0) is 63.3 Å². The largest absolute Gasteiger partial charge is 0.490 e. The zero-order chi connectivity index (χ0) is 30.5. The molecule has 0 radical (unpaired) electrons. The Morgan fingerprint density at radius 1 is 1.23 bits per heavy atom. The van der Waals surface area contributed by atoms with Crippen molar-refractivity contribution < 1.29 is 27.0 Å². The Labute approximate surface area is 251 Å². The van der Waals surface area contributed by atoms with Gasteiger partial charge in [-0.1, -0.05) is 12.2 Å². The Bertz CT molecular complexity index is 1710. The van der Waals surface area contributed by atoms with Crippen molar-refractivity contribution in [2.75, 3.05) is 43.5 Å². The molecule has 13 heteroatoms. The lowest BCUT2D eigenvalue weighted by Crippen LogP contribution is -2.60. The number of pyridine rings is 1. The smallest absolute Gasteiger partial charge is 0.418 e. The van der Waals surface area contributed by atoms with Gasteiger partial charge in [-0.3, -0.25) is 4.90 Å². The number of ether oxygens (including phenoxy) is 2. The van der Waals surface area contributed by atoms with Gasteiger partial charge in [-0.15, -0.1) is 0 Å². The van der Waals surface area contributed by atoms with Crippen LogP contribution in [0, 0.1) is 12.7 Å². The van der Waals surface area contributed by atoms with Crippen LogP contribution in [-0.4, -0.2) is 76.4 Å². The van der Waals surface area contributed by atoms with Crippen LogP contribution < -0.4 is 25.4 Å². The number of hydrogen-bond donors (Lipinski definition) is 2. The molecule has 0 spiro atoms. The number of nitrogens with two attached hydrogens (primary N) is 1. The van der Waals surface area contributed by atoms with Crippen molar-refractivity contribution >= 4 is 22.5 Å². The van der Waals surface area contributed by atoms with Gasteiger partial charge in [0, 0.05) is 30.7 Å². The van der Waals surface area contributed by atoms with Gasteiger partial charge in [-0.2, -0.15) is 23.1 Å². The van der Waals surface area contributed by atoms with Crippen molar-refractivity contribution in [1.29, 1.82) is 0 Å². The molecule has 0 unspecified atom stereocenters. The number of nitrogen functional groups attached to an aromatic ring is 1. The number of nitrogens with one attached hydrogen (secondary N) is 1. The van der Waals surface area contributed by atoms with Gasteiger partial charge in [-0.25, -0.2) is 9.37 Å². The second kappa shape index (κ2) is 9.64. The lowest BCUT2D eigenvalue weighted by Gasteiger charge is -2.40. The molecule has 3 N–H and O–H groups in total. The Morgan fingerprint density at radius 3 is 2.89 bits per heavy atom. The van der Waals surface area contributed by atoms with E-state index in [0.29, 0.717) is 24.4 Å². The van der Waals surface area contributed by atoms with Gasteiger partial charge in [0.2, 0.25) is 0 Å². The van der Waals surface area contributed by atoms with Crippen LogP contribution in [0.15, 0.2) is 24.3 Å². The Kier molecular flexibility index (Phi) is 6.10. The molecule has 3 aromatic rings. The highest BCUT2D eigenvalue weighted by Gasteiger charge is 2.47. The number of aromatic nitrogens is 3. The monoisotopic (exact) mass is 611 g/mol. The van der Waals surface area contributed by atoms with Crippen molar-refractivity contribution in [3.05, 3.63) is 41.2 Å². The number of fused-ring (bicyclic) bond motifs is 6. The molecule has 5 aliphatic heterocycles. The summed E-state index contributed by atoms with van der Waals surface area (Å²) in [5.41, 5.74) is 4.43. The number of benzene rings is 1. The summed E-state index contributed by atoms with van der Waals surface area (Å²) in [4.78, 5) is 17.9. The van der Waals surface area contributed by atoms with Crippen molar-refractivity contribution in [3.8, 4) is 23.0 Å². The molecule has 0 saturated carbocycles. The van der Waals surface area contributed by atoms with E-state index in [9.17, 15) is 13.2 Å². The fourth-order valence-corrected chi connectivity index (χ4v) is 8.18. The molecule has 44 heavy (non-hydrogen) atoms. The van der Waals surface area contributed by atoms with Crippen LogP contribution in [0.4, 0.5) is 29.2 Å². The Balaban J connectivity index is 1.31. The molecule has 1 aromatic carbocycles. The highest BCUT2D eigenvalue weighted by atomic mass is 19.4. The standard InChI is InChI=1S/C31H33F4N7O2/c1-15-10-30(6-3-7-41(30)11-15)14-44-29-39-27-23-21(43-13-20-19-5-4-17(37-19)12-42(20)28(23)40-29)9-18(25(27)32)26-24(31(33,34)35)16(2)8-22(36)38-26/h8-9,17,19-20,37H,1,3-7,10-14H2,2H3,(H2,36,38)/t17-,19+,20-,30+/m1/s1. The summed E-state index contributed by atoms with van der Waals surface area (Å²) in [5.74, 6) is -0.446. The van der Waals surface area contributed by atoms with Gasteiger partial charge >= 0.3 is 12.2 Å². The van der Waals surface area contributed by atoms with Crippen LogP contribution in [0.5, 0.6) is 11.8 Å². The molecule has 2 bridgehead atoms. The van der Waals surface area contributed by atoms with Crippen LogP contribution >= 0.6 is 0 Å². The maximum Gasteiger partial charge on any atom is 0.418 e. The number of aryl methyl sites for hydroxylation is 1. The van der Waals surface area contributed by atoms with Crippen LogP contribution in [0.3, 0.4) is 0 Å². The average molecular weight is 612 g/mol. The molecule has 7 heterocycles. The van der Waals surface area contributed by atoms with Crippen molar-refractivity contribution in [2.45, 2.75) is 68.9 Å². The first-order chi connectivity index (χ1) is 21.0. The molecule has 4 saturated heterocycles. The highest BCUT2D eigenvalue weighted by molar-refractivity contribution is 5.99. The number of piperazine rings is 1. The van der Waals surface area contributed by atoms with Gasteiger partial charge < -0.3 is 25.4 Å². The number of halogens is 4. The second-order valence-electron chi connectivity index (χ2n) is 12.9. The number of alkyl halides is 3. The van der Waals surface area contributed by atoms with E-state index in [2.05, 4.69) is 31.7 Å². The maximum atomic E-state index is 16.7. The summed E-state index contributed by atoms with van der Waals surface area (Å²) in [5, 5.41) is 3.95. The van der Waals surface area contributed by atoms with Crippen LogP contribution in [0.2, 0.25) is 0 Å². The highest BCUT2D eigenvalue weighted by Crippen LogP contribution is 2.47. The predicted molar refractivity (Wildman–Crippen MR) is 156 cm³/mol. The molecular formula is C31H33F4N7O2. The van der Waals surface area contributed by atoms with Crippen LogP contribution in [0.1, 0.15) is 43.2 Å². The molecule has 8 rings (SSSR count). The lowest BCUT2D eigenvalue weighted by molar-refractivity contribution is -0.137. The van der Waals surface area contributed by atoms with Crippen LogP contribution in [0.25, 0.3) is 22.2 Å². The molecule has 4 fully saturated rings. The minimum absolute atomic E-state index is 0.0208. The minimum Gasteiger partial charge on any atom is -0.490 e. The van der Waals surface area contributed by atoms with Gasteiger partial charge in [0.05, 0.1) is 28.2 Å². The van der Waals surface area contributed by atoms with Gasteiger partial charge in [0.25, 0.3) is 0 Å². The fourth-order valence-electron chi connectivity index (χ4n) is 8.18. The molecule has 5 aliphatic rings. The summed E-state index contributed by atoms with van der Waals surface area (Å²) >= 11 is 0. The zero-order valence-electron chi connectivity index (χ0n) is 24.3. The van der Waals surface area contributed by atoms with E-state index >= 15 is 4.39 Å². The van der Waals surface area contributed by atoms with E-state index in [1.807, 2.05) is 0 Å². The zero-order valence-corrected chi connectivity index (χ0v) is 24.3. The summed E-state index contributed by atoms with van der Waals surface area (Å²) in [6.07, 6.45) is -0.0745. The van der Waals surface area contributed by atoms with E-state index in [1.54, 1.807) is 0 Å². The number of nitrogens with zero attached hydrogens (tertiary/aromatic N) is 5. The first-order valence-corrected chi connectivity index (χ1v) is 15.1. The quantitative estimate of drug-likeness (QED) is 0.324. The van der Waals surface area contributed by atoms with Crippen molar-refractivity contribution in [3.63, 3.8) is 0 Å². The lowest BCUT2D eigenvalue weighted by atomic mass is 9.94. The van der Waals surface area contributed by atoms with E-state index in [4.69, 9.17) is 20.2 Å². The molecule has 2 aromatic heterocycles. The van der Waals surface area contributed by atoms with E-state index in [-0.39, 0.29) is 58.9 Å². The average Bonchev–Trinajstić information content (AvgIpc) is 3.59. The molecule has 4 atom stereocenters. The summed E-state index contributed by atoms with van der Waals surface area (Å²) < 4.78 is 72.2. The number of hydrogen-bond acceptors (Lipinski definition) is 9. The Hall–Kier alpha value is -3.71. The third-order valence-electron chi connectivity index (χ3n) is 10.1. The molecule has 9 nitrogen and oxygen atoms in total. The number of rotatable bonds is 4.